The lowest BCUT2D eigenvalue weighted by molar-refractivity contribution is 0.00366. The molecule has 1 fully saturated rings. The maximum atomic E-state index is 5.86. The van der Waals surface area contributed by atoms with Gasteiger partial charge in [-0.1, -0.05) is 6.07 Å². The van der Waals surface area contributed by atoms with Crippen LogP contribution in [-0.4, -0.2) is 35.7 Å². The van der Waals surface area contributed by atoms with Gasteiger partial charge in [0, 0.05) is 31.5 Å². The number of rotatable bonds is 4. The molecule has 2 heterocycles. The maximum absolute atomic E-state index is 5.86. The second kappa shape index (κ2) is 5.98. The summed E-state index contributed by atoms with van der Waals surface area (Å²) in [5.74, 6) is 0.644. The molecule has 2 N–H and O–H groups in total. The van der Waals surface area contributed by atoms with Gasteiger partial charge in [0.25, 0.3) is 0 Å². The van der Waals surface area contributed by atoms with E-state index in [1.807, 2.05) is 12.1 Å². The summed E-state index contributed by atoms with van der Waals surface area (Å²) < 4.78 is 5.69. The number of hydrogen-bond acceptors (Lipinski definition) is 4. The van der Waals surface area contributed by atoms with Crippen LogP contribution in [-0.2, 0) is 11.3 Å². The molecule has 2 rings (SSSR count). The third kappa shape index (κ3) is 3.41. The van der Waals surface area contributed by atoms with Crippen molar-refractivity contribution in [3.8, 4) is 0 Å². The minimum atomic E-state index is 0.381. The van der Waals surface area contributed by atoms with E-state index in [1.165, 1.54) is 12.8 Å². The summed E-state index contributed by atoms with van der Waals surface area (Å²) in [5.41, 5.74) is 6.98. The fourth-order valence-corrected chi connectivity index (χ4v) is 2.35. The van der Waals surface area contributed by atoms with Gasteiger partial charge in [-0.05, 0) is 32.4 Å². The Hall–Kier alpha value is -1.13. The zero-order valence-corrected chi connectivity index (χ0v) is 10.4. The summed E-state index contributed by atoms with van der Waals surface area (Å²) in [6.07, 6.45) is 4.49. The molecule has 4 nitrogen and oxygen atoms in total. The Bertz CT molecular complexity index is 354. The average molecular weight is 235 g/mol. The van der Waals surface area contributed by atoms with Crippen LogP contribution in [0, 0.1) is 0 Å². The van der Waals surface area contributed by atoms with E-state index in [1.54, 1.807) is 6.20 Å². The normalized spacial score (nSPS) is 21.6. The van der Waals surface area contributed by atoms with E-state index in [0.717, 1.165) is 31.8 Å². The second-order valence-corrected chi connectivity index (χ2v) is 4.50. The van der Waals surface area contributed by atoms with Crippen LogP contribution >= 0.6 is 0 Å². The summed E-state index contributed by atoms with van der Waals surface area (Å²) >= 11 is 0. The Morgan fingerprint density at radius 2 is 2.47 bits per heavy atom. The highest BCUT2D eigenvalue weighted by molar-refractivity contribution is 5.38. The van der Waals surface area contributed by atoms with Crippen molar-refractivity contribution in [2.24, 2.45) is 0 Å². The number of piperidine rings is 1. The zero-order chi connectivity index (χ0) is 12.1. The van der Waals surface area contributed by atoms with Gasteiger partial charge in [-0.3, -0.25) is 4.90 Å². The van der Waals surface area contributed by atoms with E-state index in [9.17, 15) is 0 Å². The summed E-state index contributed by atoms with van der Waals surface area (Å²) in [5, 5.41) is 0. The Morgan fingerprint density at radius 1 is 1.59 bits per heavy atom. The summed E-state index contributed by atoms with van der Waals surface area (Å²) in [6.45, 7) is 5.86. The zero-order valence-electron chi connectivity index (χ0n) is 10.4. The topological polar surface area (TPSA) is 51.4 Å². The molecule has 1 aromatic rings. The first-order valence-corrected chi connectivity index (χ1v) is 6.33. The predicted octanol–water partition coefficient (Wildman–Crippen LogP) is 1.66. The number of nitrogens with zero attached hydrogens (tertiary/aromatic N) is 2. The highest BCUT2D eigenvalue weighted by atomic mass is 16.5. The van der Waals surface area contributed by atoms with Gasteiger partial charge in [0.1, 0.15) is 5.82 Å². The first kappa shape index (κ1) is 12.3. The summed E-state index contributed by atoms with van der Waals surface area (Å²) in [7, 11) is 0. The number of pyridine rings is 1. The minimum absolute atomic E-state index is 0.381. The molecular formula is C13H21N3O. The first-order chi connectivity index (χ1) is 8.29. The number of anilines is 1. The van der Waals surface area contributed by atoms with Gasteiger partial charge >= 0.3 is 0 Å². The van der Waals surface area contributed by atoms with Crippen LogP contribution in [0.4, 0.5) is 5.82 Å². The van der Waals surface area contributed by atoms with E-state index < -0.39 is 0 Å². The molecule has 1 unspecified atom stereocenters. The molecule has 1 atom stereocenters. The molecule has 0 aromatic carbocycles. The van der Waals surface area contributed by atoms with Crippen molar-refractivity contribution in [1.29, 1.82) is 0 Å². The van der Waals surface area contributed by atoms with Crippen molar-refractivity contribution in [1.82, 2.24) is 9.88 Å². The van der Waals surface area contributed by atoms with Gasteiger partial charge in [0.2, 0.25) is 0 Å². The molecule has 0 aliphatic carbocycles. The molecule has 0 amide bonds. The second-order valence-electron chi connectivity index (χ2n) is 4.50. The SMILES string of the molecule is CCOC1CCCN(Cc2cccnc2N)C1. The van der Waals surface area contributed by atoms with Crippen molar-refractivity contribution in [3.05, 3.63) is 23.9 Å². The first-order valence-electron chi connectivity index (χ1n) is 6.33. The quantitative estimate of drug-likeness (QED) is 0.862. The molecule has 1 aliphatic rings. The van der Waals surface area contributed by atoms with E-state index >= 15 is 0 Å². The highest BCUT2D eigenvalue weighted by Gasteiger charge is 2.20. The number of hydrogen-bond donors (Lipinski definition) is 1. The van der Waals surface area contributed by atoms with Crippen molar-refractivity contribution in [2.45, 2.75) is 32.4 Å². The average Bonchev–Trinajstić information content (AvgIpc) is 2.33. The van der Waals surface area contributed by atoms with Gasteiger partial charge in [0.15, 0.2) is 0 Å². The molecule has 0 spiro atoms. The Morgan fingerprint density at radius 3 is 3.24 bits per heavy atom. The molecule has 1 saturated heterocycles. The number of aromatic nitrogens is 1. The number of nitrogen functional groups attached to an aromatic ring is 1. The predicted molar refractivity (Wildman–Crippen MR) is 68.6 cm³/mol. The van der Waals surface area contributed by atoms with Crippen LogP contribution in [0.25, 0.3) is 0 Å². The molecule has 94 valence electrons. The fraction of sp³-hybridized carbons (Fsp3) is 0.615. The van der Waals surface area contributed by atoms with Crippen molar-refractivity contribution in [3.63, 3.8) is 0 Å². The smallest absolute Gasteiger partial charge is 0.127 e. The Labute approximate surface area is 103 Å². The monoisotopic (exact) mass is 235 g/mol. The molecule has 0 saturated carbocycles. The third-order valence-electron chi connectivity index (χ3n) is 3.18. The van der Waals surface area contributed by atoms with E-state index in [0.29, 0.717) is 11.9 Å². The van der Waals surface area contributed by atoms with Crippen LogP contribution < -0.4 is 5.73 Å². The minimum Gasteiger partial charge on any atom is -0.383 e. The van der Waals surface area contributed by atoms with Crippen LogP contribution in [0.1, 0.15) is 25.3 Å². The largest absolute Gasteiger partial charge is 0.383 e. The molecule has 0 radical (unpaired) electrons. The molecule has 1 aliphatic heterocycles. The van der Waals surface area contributed by atoms with Gasteiger partial charge in [-0.15, -0.1) is 0 Å². The summed E-state index contributed by atoms with van der Waals surface area (Å²) in [4.78, 5) is 6.52. The Kier molecular flexibility index (Phi) is 4.34. The van der Waals surface area contributed by atoms with Gasteiger partial charge in [-0.25, -0.2) is 4.98 Å². The van der Waals surface area contributed by atoms with Crippen LogP contribution in [0.15, 0.2) is 18.3 Å². The lowest BCUT2D eigenvalue weighted by atomic mass is 10.1. The van der Waals surface area contributed by atoms with E-state index in [-0.39, 0.29) is 0 Å². The maximum Gasteiger partial charge on any atom is 0.127 e. The van der Waals surface area contributed by atoms with Gasteiger partial charge in [-0.2, -0.15) is 0 Å². The highest BCUT2D eigenvalue weighted by Crippen LogP contribution is 2.17. The van der Waals surface area contributed by atoms with E-state index in [2.05, 4.69) is 16.8 Å². The van der Waals surface area contributed by atoms with Crippen molar-refractivity contribution in [2.75, 3.05) is 25.4 Å². The number of ether oxygens (including phenoxy) is 1. The summed E-state index contributed by atoms with van der Waals surface area (Å²) in [6, 6.07) is 3.99. The molecule has 0 bridgehead atoms. The number of nitrogens with two attached hydrogens (primary N) is 1. The van der Waals surface area contributed by atoms with Crippen LogP contribution in [0.5, 0.6) is 0 Å². The van der Waals surface area contributed by atoms with Gasteiger partial charge < -0.3 is 10.5 Å². The third-order valence-corrected chi connectivity index (χ3v) is 3.18. The molecular weight excluding hydrogens is 214 g/mol. The molecule has 17 heavy (non-hydrogen) atoms. The Balaban J connectivity index is 1.92. The van der Waals surface area contributed by atoms with E-state index in [4.69, 9.17) is 10.5 Å². The molecule has 1 aromatic heterocycles. The molecule has 4 heteroatoms. The fourth-order valence-electron chi connectivity index (χ4n) is 2.35. The lowest BCUT2D eigenvalue weighted by Crippen LogP contribution is -2.39. The van der Waals surface area contributed by atoms with Crippen LogP contribution in [0.3, 0.4) is 0 Å². The standard InChI is InChI=1S/C13H21N3O/c1-2-17-12-6-4-8-16(10-12)9-11-5-3-7-15-13(11)14/h3,5,7,12H,2,4,6,8-10H2,1H3,(H2,14,15). The van der Waals surface area contributed by atoms with Crippen molar-refractivity contribution >= 4 is 5.82 Å². The van der Waals surface area contributed by atoms with Gasteiger partial charge in [0.05, 0.1) is 6.10 Å². The van der Waals surface area contributed by atoms with Crippen LogP contribution in [0.2, 0.25) is 0 Å². The van der Waals surface area contributed by atoms with Crippen molar-refractivity contribution < 1.29 is 4.74 Å². The number of likely N-dealkylation sites (tertiary alicyclic amines) is 1. The lowest BCUT2D eigenvalue weighted by Gasteiger charge is -2.32.